The van der Waals surface area contributed by atoms with Crippen molar-refractivity contribution in [1.29, 1.82) is 0 Å². The van der Waals surface area contributed by atoms with Crippen molar-refractivity contribution in [2.45, 2.75) is 52.6 Å². The third kappa shape index (κ3) is 7.95. The van der Waals surface area contributed by atoms with Gasteiger partial charge in [0.05, 0.1) is 19.4 Å². The van der Waals surface area contributed by atoms with Crippen LogP contribution in [0.15, 0.2) is 71.3 Å². The van der Waals surface area contributed by atoms with Crippen LogP contribution < -0.4 is 5.32 Å². The van der Waals surface area contributed by atoms with Gasteiger partial charge in [-0.1, -0.05) is 76.2 Å². The molecule has 0 aliphatic carbocycles. The molecule has 0 fully saturated rings. The van der Waals surface area contributed by atoms with Crippen LogP contribution in [0.5, 0.6) is 0 Å². The molecule has 1 N–H and O–H groups in total. The van der Waals surface area contributed by atoms with Gasteiger partial charge in [0.15, 0.2) is 0 Å². The monoisotopic (exact) mass is 505 g/mol. The molecule has 37 heavy (non-hydrogen) atoms. The Morgan fingerprint density at radius 2 is 1.54 bits per heavy atom. The van der Waals surface area contributed by atoms with E-state index in [-0.39, 0.29) is 36.9 Å². The van der Waals surface area contributed by atoms with Gasteiger partial charge >= 0.3 is 6.03 Å². The second kappa shape index (κ2) is 13.7. The van der Waals surface area contributed by atoms with E-state index in [1.54, 1.807) is 24.3 Å². The number of hydrogen-bond donors (Lipinski definition) is 1. The molecule has 7 nitrogen and oxygen atoms in total. The number of amides is 3. The highest BCUT2D eigenvalue weighted by molar-refractivity contribution is 5.94. The first-order valence-corrected chi connectivity index (χ1v) is 12.8. The zero-order valence-corrected chi connectivity index (χ0v) is 22.6. The first kappa shape index (κ1) is 28.0. The van der Waals surface area contributed by atoms with Gasteiger partial charge in [0, 0.05) is 25.9 Å². The largest absolute Gasteiger partial charge is 0.467 e. The molecule has 0 aliphatic heterocycles. The van der Waals surface area contributed by atoms with Gasteiger partial charge in [-0.3, -0.25) is 4.79 Å². The molecule has 0 unspecified atom stereocenters. The second-order valence-electron chi connectivity index (χ2n) is 9.78. The number of benzene rings is 2. The van der Waals surface area contributed by atoms with Crippen LogP contribution in [-0.4, -0.2) is 48.5 Å². The molecule has 2 aromatic carbocycles. The van der Waals surface area contributed by atoms with Gasteiger partial charge in [0.1, 0.15) is 12.3 Å². The van der Waals surface area contributed by atoms with Crippen molar-refractivity contribution in [3.05, 3.63) is 89.4 Å². The average molecular weight is 506 g/mol. The summed E-state index contributed by atoms with van der Waals surface area (Å²) in [4.78, 5) is 30.4. The molecule has 3 aromatic rings. The van der Waals surface area contributed by atoms with Gasteiger partial charge in [-0.15, -0.1) is 0 Å². The summed E-state index contributed by atoms with van der Waals surface area (Å²) in [5, 5.41) is 3.13. The number of furan rings is 1. The van der Waals surface area contributed by atoms with E-state index in [4.69, 9.17) is 9.15 Å². The maximum Gasteiger partial charge on any atom is 0.322 e. The average Bonchev–Trinajstić information content (AvgIpc) is 3.39. The highest BCUT2D eigenvalue weighted by Gasteiger charge is 2.24. The zero-order valence-electron chi connectivity index (χ0n) is 22.6. The van der Waals surface area contributed by atoms with Gasteiger partial charge in [-0.2, -0.15) is 0 Å². The third-order valence-corrected chi connectivity index (χ3v) is 6.28. The summed E-state index contributed by atoms with van der Waals surface area (Å²) >= 11 is 0. The predicted octanol–water partition coefficient (Wildman–Crippen LogP) is 6.24. The summed E-state index contributed by atoms with van der Waals surface area (Å²) in [6.07, 6.45) is 1.59. The van der Waals surface area contributed by atoms with Crippen LogP contribution in [0.25, 0.3) is 0 Å². The topological polar surface area (TPSA) is 75.0 Å². The number of carbonyl (C=O) groups is 2. The molecule has 0 bridgehead atoms. The minimum atomic E-state index is -0.321. The van der Waals surface area contributed by atoms with Crippen molar-refractivity contribution in [3.63, 3.8) is 0 Å². The number of methoxy groups -OCH3 is 1. The van der Waals surface area contributed by atoms with E-state index in [1.807, 2.05) is 54.6 Å². The molecule has 0 saturated carbocycles. The van der Waals surface area contributed by atoms with E-state index < -0.39 is 0 Å². The van der Waals surface area contributed by atoms with Crippen LogP contribution >= 0.6 is 0 Å². The zero-order chi connectivity index (χ0) is 26.8. The number of anilines is 1. The first-order chi connectivity index (χ1) is 17.8. The Morgan fingerprint density at radius 1 is 0.865 bits per heavy atom. The van der Waals surface area contributed by atoms with Crippen LogP contribution in [0.4, 0.5) is 10.5 Å². The smallest absolute Gasteiger partial charge is 0.322 e. The standard InChI is InChI=1S/C30H39N3O4/c1-22(2)26-14-9-15-27(23(3)4)29(26)31-30(35)32(16-18-36-5)21-28(34)33(20-25-13-10-17-37-25)19-24-11-7-6-8-12-24/h6-15,17,22-23H,16,18-21H2,1-5H3,(H,31,35). The molecule has 1 heterocycles. The number of nitrogens with zero attached hydrogens (tertiary/aromatic N) is 2. The summed E-state index contributed by atoms with van der Waals surface area (Å²) in [5.74, 6) is 0.979. The van der Waals surface area contributed by atoms with Gasteiger partial charge in [0.2, 0.25) is 5.91 Å². The molecular weight excluding hydrogens is 466 g/mol. The molecule has 0 spiro atoms. The maximum atomic E-state index is 13.6. The first-order valence-electron chi connectivity index (χ1n) is 12.8. The number of ether oxygens (including phenoxy) is 1. The number of urea groups is 1. The minimum absolute atomic E-state index is 0.0798. The van der Waals surface area contributed by atoms with E-state index >= 15 is 0 Å². The lowest BCUT2D eigenvalue weighted by molar-refractivity contribution is -0.133. The van der Waals surface area contributed by atoms with Gasteiger partial charge in [0.25, 0.3) is 0 Å². The molecular formula is C30H39N3O4. The van der Waals surface area contributed by atoms with Crippen molar-refractivity contribution in [3.8, 4) is 0 Å². The Labute approximate surface area is 220 Å². The third-order valence-electron chi connectivity index (χ3n) is 6.28. The van der Waals surface area contributed by atoms with E-state index in [0.717, 1.165) is 22.4 Å². The lowest BCUT2D eigenvalue weighted by atomic mass is 9.93. The lowest BCUT2D eigenvalue weighted by Crippen LogP contribution is -2.45. The Hall–Kier alpha value is -3.58. The molecule has 0 radical (unpaired) electrons. The van der Waals surface area contributed by atoms with E-state index in [0.29, 0.717) is 25.5 Å². The maximum absolute atomic E-state index is 13.6. The van der Waals surface area contributed by atoms with Crippen LogP contribution in [0, 0.1) is 0 Å². The minimum Gasteiger partial charge on any atom is -0.467 e. The number of rotatable bonds is 12. The molecule has 7 heteroatoms. The van der Waals surface area contributed by atoms with Gasteiger partial charge in [-0.05, 0) is 40.7 Å². The summed E-state index contributed by atoms with van der Waals surface area (Å²) in [6.45, 7) is 9.68. The Bertz CT molecular complexity index is 1100. The fraction of sp³-hybridized carbons (Fsp3) is 0.400. The van der Waals surface area contributed by atoms with Crippen LogP contribution in [-0.2, 0) is 22.6 Å². The number of para-hydroxylation sites is 1. The summed E-state index contributed by atoms with van der Waals surface area (Å²) < 4.78 is 10.8. The highest BCUT2D eigenvalue weighted by Crippen LogP contribution is 2.32. The van der Waals surface area contributed by atoms with Crippen LogP contribution in [0.3, 0.4) is 0 Å². The molecule has 0 aliphatic rings. The molecule has 3 amide bonds. The number of nitrogens with one attached hydrogen (secondary N) is 1. The molecule has 0 atom stereocenters. The lowest BCUT2D eigenvalue weighted by Gasteiger charge is -2.28. The van der Waals surface area contributed by atoms with Crippen molar-refractivity contribution >= 4 is 17.6 Å². The predicted molar refractivity (Wildman–Crippen MR) is 146 cm³/mol. The molecule has 198 valence electrons. The second-order valence-corrected chi connectivity index (χ2v) is 9.78. The van der Waals surface area contributed by atoms with E-state index in [1.165, 1.54) is 4.90 Å². The Balaban J connectivity index is 1.83. The van der Waals surface area contributed by atoms with E-state index in [2.05, 4.69) is 33.0 Å². The number of carbonyl (C=O) groups excluding carboxylic acids is 2. The fourth-order valence-corrected chi connectivity index (χ4v) is 4.23. The van der Waals surface area contributed by atoms with Crippen LogP contribution in [0.2, 0.25) is 0 Å². The van der Waals surface area contributed by atoms with Crippen molar-refractivity contribution in [1.82, 2.24) is 9.80 Å². The normalized spacial score (nSPS) is 11.1. The van der Waals surface area contributed by atoms with Gasteiger partial charge < -0.3 is 24.3 Å². The Kier molecular flexibility index (Phi) is 10.3. The summed E-state index contributed by atoms with van der Waals surface area (Å²) in [7, 11) is 1.58. The van der Waals surface area contributed by atoms with Crippen molar-refractivity contribution in [2.24, 2.45) is 0 Å². The van der Waals surface area contributed by atoms with Gasteiger partial charge in [-0.25, -0.2) is 4.79 Å². The summed E-state index contributed by atoms with van der Waals surface area (Å²) in [5.41, 5.74) is 3.97. The summed E-state index contributed by atoms with van der Waals surface area (Å²) in [6, 6.07) is 19.2. The van der Waals surface area contributed by atoms with Crippen molar-refractivity contribution < 1.29 is 18.7 Å². The molecule has 3 rings (SSSR count). The highest BCUT2D eigenvalue weighted by atomic mass is 16.5. The molecule has 1 aromatic heterocycles. The fourth-order valence-electron chi connectivity index (χ4n) is 4.23. The van der Waals surface area contributed by atoms with Crippen molar-refractivity contribution in [2.75, 3.05) is 32.1 Å². The number of hydrogen-bond acceptors (Lipinski definition) is 4. The molecule has 0 saturated heterocycles. The van der Waals surface area contributed by atoms with Crippen LogP contribution in [0.1, 0.15) is 62.0 Å². The van der Waals surface area contributed by atoms with E-state index in [9.17, 15) is 9.59 Å². The SMILES string of the molecule is COCCN(CC(=O)N(Cc1ccccc1)Cc1ccco1)C(=O)Nc1c(C(C)C)cccc1C(C)C. The Morgan fingerprint density at radius 3 is 2.11 bits per heavy atom. The quantitative estimate of drug-likeness (QED) is 0.316.